The second-order valence-electron chi connectivity index (χ2n) is 25.8. The van der Waals surface area contributed by atoms with Gasteiger partial charge < -0.3 is 84.9 Å². The van der Waals surface area contributed by atoms with Crippen LogP contribution in [-0.4, -0.2) is 226 Å². The Hall–Kier alpha value is -7.05. The zero-order valence-electron chi connectivity index (χ0n) is 58.4. The maximum Gasteiger partial charge on any atom is 0.410 e. The fourth-order valence-corrected chi connectivity index (χ4v) is 12.6. The maximum atomic E-state index is 14.9. The van der Waals surface area contributed by atoms with Crippen LogP contribution in [0.25, 0.3) is 0 Å². The first kappa shape index (κ1) is 82.4. The molecule has 542 valence electrons. The standard InChI is InChI=1S/C69H104BrN7O20/c1-15-42(8)55(51(92-13)36-52(79)77-30-20-25-50(77)59(93-14)44(10)62(83)72-49(66(87)88)35-45-23-17-16-18-24-45)75(11)65(86)53(38(2)3)73-64(85)54(39(4)5)76(12)69(91)94-37-46-33-47(60(48(70)34-46)96-68-58(82)56(80)57(81)61(97-68)67(89)90)63(84)71-29-32-95-74-43(9)27-26-40(6)21-19-22-41(7)28-31-78/h16-18,21,23-24,28,33-34,38-39,42,44,49-51,53-59,61,68,78,80-82H,15,19-20,22,25-27,29-32,35-37H2,1-14H3,(H,71,84)(H,72,83)(H,73,85)(H,87,88)(H,89,90)/b40-21+,41-28+,74-43+/t42?,44-,49?,50+,51-,53+,54+,55+,56+,57+,58-,59-,61+,68-/m1/s1. The van der Waals surface area contributed by atoms with Gasteiger partial charge in [0.15, 0.2) is 6.10 Å². The van der Waals surface area contributed by atoms with E-state index in [0.717, 1.165) is 35.3 Å². The number of allylic oxidation sites excluding steroid dienone is 3. The van der Waals surface area contributed by atoms with Crippen LogP contribution in [0.5, 0.6) is 5.75 Å². The van der Waals surface area contributed by atoms with E-state index in [0.29, 0.717) is 37.9 Å². The molecule has 2 aliphatic heterocycles. The van der Waals surface area contributed by atoms with Crippen LogP contribution in [-0.2, 0) is 65.6 Å². The van der Waals surface area contributed by atoms with Crippen molar-refractivity contribution in [3.05, 3.63) is 86.9 Å². The number of rotatable bonds is 38. The van der Waals surface area contributed by atoms with E-state index in [1.54, 1.807) is 83.8 Å². The fourth-order valence-electron chi connectivity index (χ4n) is 12.0. The molecule has 6 amide bonds. The summed E-state index contributed by atoms with van der Waals surface area (Å²) >= 11 is 3.37. The highest BCUT2D eigenvalue weighted by atomic mass is 79.9. The van der Waals surface area contributed by atoms with Crippen LogP contribution in [0.4, 0.5) is 4.79 Å². The Morgan fingerprint density at radius 2 is 1.49 bits per heavy atom. The predicted octanol–water partition coefficient (Wildman–Crippen LogP) is 5.75. The summed E-state index contributed by atoms with van der Waals surface area (Å²) in [4.78, 5) is 120. The monoisotopic (exact) mass is 1430 g/mol. The van der Waals surface area contributed by atoms with E-state index in [9.17, 15) is 63.9 Å². The highest BCUT2D eigenvalue weighted by Crippen LogP contribution is 2.36. The van der Waals surface area contributed by atoms with Crippen molar-refractivity contribution >= 4 is 69.2 Å². The lowest BCUT2D eigenvalue weighted by Gasteiger charge is -2.41. The third-order valence-electron chi connectivity index (χ3n) is 17.8. The first-order valence-electron chi connectivity index (χ1n) is 33.0. The molecule has 0 spiro atoms. The number of nitrogens with zero attached hydrogens (tertiary/aromatic N) is 4. The number of halogens is 1. The number of carbonyl (C=O) groups is 8. The minimum Gasteiger partial charge on any atom is -0.480 e. The average molecular weight is 1430 g/mol. The van der Waals surface area contributed by atoms with Crippen molar-refractivity contribution < 1.29 is 97.5 Å². The number of oxime groups is 1. The van der Waals surface area contributed by atoms with Gasteiger partial charge in [0.1, 0.15) is 55.4 Å². The molecule has 0 aromatic heterocycles. The topological polar surface area (TPSA) is 371 Å². The zero-order valence-corrected chi connectivity index (χ0v) is 60.0. The summed E-state index contributed by atoms with van der Waals surface area (Å²) < 4.78 is 29.0. The van der Waals surface area contributed by atoms with Gasteiger partial charge in [0.25, 0.3) is 5.91 Å². The minimum absolute atomic E-state index is 0.00148. The summed E-state index contributed by atoms with van der Waals surface area (Å²) in [5.74, 6) is -8.11. The summed E-state index contributed by atoms with van der Waals surface area (Å²) in [5.41, 5.74) is 3.65. The molecule has 0 radical (unpaired) electrons. The van der Waals surface area contributed by atoms with Gasteiger partial charge >= 0.3 is 18.0 Å². The van der Waals surface area contributed by atoms with Gasteiger partial charge in [0, 0.05) is 41.3 Å². The van der Waals surface area contributed by atoms with Crippen molar-refractivity contribution in [2.45, 2.75) is 207 Å². The van der Waals surface area contributed by atoms with Crippen LogP contribution in [0.1, 0.15) is 142 Å². The van der Waals surface area contributed by atoms with E-state index in [-0.39, 0.29) is 65.8 Å². The van der Waals surface area contributed by atoms with Crippen LogP contribution < -0.4 is 20.7 Å². The smallest absolute Gasteiger partial charge is 0.410 e. The van der Waals surface area contributed by atoms with Gasteiger partial charge in [0.2, 0.25) is 29.9 Å². The van der Waals surface area contributed by atoms with Crippen LogP contribution in [0, 0.1) is 23.7 Å². The Kier molecular flexibility index (Phi) is 34.1. The molecule has 2 fully saturated rings. The molecule has 2 aromatic carbocycles. The lowest BCUT2D eigenvalue weighted by molar-refractivity contribution is -0.271. The van der Waals surface area contributed by atoms with Gasteiger partial charge in [-0.15, -0.1) is 0 Å². The third kappa shape index (κ3) is 23.8. The van der Waals surface area contributed by atoms with Gasteiger partial charge in [0.05, 0.1) is 65.5 Å². The summed E-state index contributed by atoms with van der Waals surface area (Å²) in [6.07, 6.45) is -4.13. The lowest BCUT2D eigenvalue weighted by Crippen LogP contribution is -2.61. The Morgan fingerprint density at radius 3 is 2.09 bits per heavy atom. The second-order valence-corrected chi connectivity index (χ2v) is 26.7. The fraction of sp³-hybridized carbons (Fsp3) is 0.638. The number of likely N-dealkylation sites (N-methyl/N-ethyl adjacent to an activating group) is 2. The number of methoxy groups -OCH3 is 2. The molecule has 14 atom stereocenters. The van der Waals surface area contributed by atoms with Crippen molar-refractivity contribution in [1.29, 1.82) is 0 Å². The Bertz CT molecular complexity index is 3040. The number of ether oxygens (including phenoxy) is 5. The number of aliphatic hydroxyl groups excluding tert-OH is 4. The molecule has 2 aromatic rings. The molecule has 2 aliphatic rings. The number of benzene rings is 2. The molecule has 2 unspecified atom stereocenters. The Labute approximate surface area is 577 Å². The summed E-state index contributed by atoms with van der Waals surface area (Å²) in [7, 11) is 5.84. The van der Waals surface area contributed by atoms with Gasteiger partial charge in [-0.05, 0) is 116 Å². The molecule has 0 aliphatic carbocycles. The van der Waals surface area contributed by atoms with Gasteiger partial charge in [-0.2, -0.15) is 0 Å². The zero-order chi connectivity index (χ0) is 72.5. The van der Waals surface area contributed by atoms with Crippen molar-refractivity contribution in [2.75, 3.05) is 54.6 Å². The van der Waals surface area contributed by atoms with Gasteiger partial charge in [-0.25, -0.2) is 14.4 Å². The molecule has 2 heterocycles. The predicted molar refractivity (Wildman–Crippen MR) is 363 cm³/mol. The number of hydrogen-bond acceptors (Lipinski definition) is 19. The quantitative estimate of drug-likeness (QED) is 0.0167. The number of amides is 6. The first-order chi connectivity index (χ1) is 45.8. The summed E-state index contributed by atoms with van der Waals surface area (Å²) in [6, 6.07) is 6.82. The van der Waals surface area contributed by atoms with Crippen LogP contribution in [0.2, 0.25) is 0 Å². The second kappa shape index (κ2) is 40.1. The van der Waals surface area contributed by atoms with Gasteiger partial charge in [-0.3, -0.25) is 28.9 Å². The number of nitrogens with one attached hydrogen (secondary N) is 3. The number of likely N-dealkylation sites (tertiary alicyclic amines) is 1. The number of carboxylic acids is 2. The lowest BCUT2D eigenvalue weighted by atomic mass is 9.89. The van der Waals surface area contributed by atoms with Crippen molar-refractivity contribution in [1.82, 2.24) is 30.7 Å². The highest BCUT2D eigenvalue weighted by Gasteiger charge is 2.49. The Morgan fingerprint density at radius 1 is 0.825 bits per heavy atom. The van der Waals surface area contributed by atoms with E-state index >= 15 is 0 Å². The molecule has 9 N–H and O–H groups in total. The summed E-state index contributed by atoms with van der Waals surface area (Å²) in [6.45, 7) is 17.9. The van der Waals surface area contributed by atoms with Crippen LogP contribution in [0.15, 0.2) is 75.4 Å². The SMILES string of the molecule is CCC(C)[C@@H]([C@@H](CC(=O)N1CCC[C@H]1[C@H](OC)[C@@H](C)C(=O)NC(Cc1ccccc1)C(=O)O)OC)N(C)C(=O)[C@@H](NC(=O)[C@H](C(C)C)N(C)C(=O)OCc1cc(Br)c(O[C@@H]2O[C@H](C(=O)O)[C@@H](O)[C@H](O)[C@H]2O)c(C(=O)NCCO/N=C(\C)CC/C(C)=C/CC/C(C)=C/CO)c1)C(C)C. The molecule has 0 bridgehead atoms. The molecule has 28 heteroatoms. The van der Waals surface area contributed by atoms with E-state index in [2.05, 4.69) is 43.1 Å². The van der Waals surface area contributed by atoms with Crippen molar-refractivity contribution in [2.24, 2.45) is 28.8 Å². The minimum atomic E-state index is -2.03. The van der Waals surface area contributed by atoms with Gasteiger partial charge in [-0.1, -0.05) is 114 Å². The molecule has 97 heavy (non-hydrogen) atoms. The van der Waals surface area contributed by atoms with E-state index in [1.807, 2.05) is 33.8 Å². The molecular weight excluding hydrogens is 1330 g/mol. The van der Waals surface area contributed by atoms with Crippen molar-refractivity contribution in [3.63, 3.8) is 0 Å². The van der Waals surface area contributed by atoms with E-state index in [4.69, 9.17) is 33.6 Å². The molecule has 27 nitrogen and oxygen atoms in total. The summed E-state index contributed by atoms with van der Waals surface area (Å²) in [5, 5.41) is 73.0. The largest absolute Gasteiger partial charge is 0.480 e. The highest BCUT2D eigenvalue weighted by molar-refractivity contribution is 9.10. The average Bonchev–Trinajstić information content (AvgIpc) is 1.48. The molecule has 0 saturated carbocycles. The Balaban J connectivity index is 1.50. The van der Waals surface area contributed by atoms with Crippen LogP contribution >= 0.6 is 15.9 Å². The molecule has 2 saturated heterocycles. The number of aliphatic hydroxyl groups is 4. The van der Waals surface area contributed by atoms with E-state index in [1.165, 1.54) is 43.9 Å². The number of aliphatic carboxylic acids is 2. The number of carboxylic acid groups (broad SMARTS) is 2. The maximum absolute atomic E-state index is 14.9. The van der Waals surface area contributed by atoms with Crippen molar-refractivity contribution in [3.8, 4) is 5.75 Å². The number of carbonyl (C=O) groups excluding carboxylic acids is 6. The first-order valence-corrected chi connectivity index (χ1v) is 33.8. The molecular formula is C69H104BrN7O20. The molecule has 4 rings (SSSR count). The normalized spacial score (nSPS) is 20.9. The van der Waals surface area contributed by atoms with Crippen LogP contribution in [0.3, 0.4) is 0 Å². The third-order valence-corrected chi connectivity index (χ3v) is 18.4. The number of hydrogen-bond donors (Lipinski definition) is 9. The van der Waals surface area contributed by atoms with E-state index < -0.39 is 139 Å².